The highest BCUT2D eigenvalue weighted by Crippen LogP contribution is 2.34. The topological polar surface area (TPSA) is 41.6 Å². The lowest BCUT2D eigenvalue weighted by atomic mass is 10.0. The number of halogens is 2. The summed E-state index contributed by atoms with van der Waals surface area (Å²) in [5.41, 5.74) is 2.57. The molecule has 0 aliphatic carbocycles. The van der Waals surface area contributed by atoms with Crippen LogP contribution < -0.4 is 10.1 Å². The lowest BCUT2D eigenvalue weighted by molar-refractivity contribution is -0.117. The van der Waals surface area contributed by atoms with Crippen LogP contribution in [0.2, 0.25) is 10.0 Å². The number of carbonyl (C=O) groups is 1. The Hall–Kier alpha value is -1.75. The van der Waals surface area contributed by atoms with Gasteiger partial charge < -0.3 is 10.1 Å². The molecule has 0 radical (unpaired) electrons. The molecule has 4 nitrogen and oxygen atoms in total. The van der Waals surface area contributed by atoms with Crippen LogP contribution in [0.3, 0.4) is 0 Å². The number of amides is 1. The minimum atomic E-state index is -0.109. The van der Waals surface area contributed by atoms with Crippen molar-refractivity contribution < 1.29 is 9.53 Å². The van der Waals surface area contributed by atoms with E-state index >= 15 is 0 Å². The summed E-state index contributed by atoms with van der Waals surface area (Å²) in [6.07, 6.45) is 2.10. The minimum Gasteiger partial charge on any atom is -0.494 e. The van der Waals surface area contributed by atoms with Crippen molar-refractivity contribution in [3.05, 3.63) is 57.6 Å². The van der Waals surface area contributed by atoms with Gasteiger partial charge in [0.25, 0.3) is 0 Å². The number of aryl methyl sites for hydroxylation is 1. The largest absolute Gasteiger partial charge is 0.494 e. The molecular formula is C21H24Cl2N2O2. The van der Waals surface area contributed by atoms with E-state index in [4.69, 9.17) is 27.9 Å². The van der Waals surface area contributed by atoms with E-state index in [1.807, 2.05) is 32.0 Å². The van der Waals surface area contributed by atoms with Crippen molar-refractivity contribution in [1.29, 1.82) is 0 Å². The smallest absolute Gasteiger partial charge is 0.238 e. The summed E-state index contributed by atoms with van der Waals surface area (Å²) >= 11 is 12.5. The summed E-state index contributed by atoms with van der Waals surface area (Å²) in [5.74, 6) is 0.759. The van der Waals surface area contributed by atoms with Crippen molar-refractivity contribution in [3.63, 3.8) is 0 Å². The van der Waals surface area contributed by atoms with Crippen LogP contribution in [0, 0.1) is 6.92 Å². The third-order valence-corrected chi connectivity index (χ3v) is 5.64. The van der Waals surface area contributed by atoms with Crippen LogP contribution in [0.5, 0.6) is 5.75 Å². The number of anilines is 1. The number of hydrogen-bond donors (Lipinski definition) is 1. The molecule has 1 aliphatic heterocycles. The Bertz CT molecular complexity index is 809. The summed E-state index contributed by atoms with van der Waals surface area (Å²) in [7, 11) is 0. The summed E-state index contributed by atoms with van der Waals surface area (Å²) in [5, 5.41) is 3.81. The number of nitrogens with zero attached hydrogens (tertiary/aromatic N) is 1. The molecule has 144 valence electrons. The Kier molecular flexibility index (Phi) is 6.64. The van der Waals surface area contributed by atoms with Crippen molar-refractivity contribution in [2.24, 2.45) is 0 Å². The van der Waals surface area contributed by atoms with Gasteiger partial charge in [-0.15, -0.1) is 0 Å². The first-order chi connectivity index (χ1) is 13.0. The van der Waals surface area contributed by atoms with Crippen molar-refractivity contribution >= 4 is 34.8 Å². The van der Waals surface area contributed by atoms with E-state index in [2.05, 4.69) is 22.3 Å². The maximum atomic E-state index is 12.6. The van der Waals surface area contributed by atoms with E-state index in [-0.39, 0.29) is 11.9 Å². The number of hydrogen-bond acceptors (Lipinski definition) is 3. The van der Waals surface area contributed by atoms with Gasteiger partial charge in [0, 0.05) is 6.04 Å². The molecule has 27 heavy (non-hydrogen) atoms. The van der Waals surface area contributed by atoms with Crippen LogP contribution in [0.25, 0.3) is 0 Å². The lowest BCUT2D eigenvalue weighted by Crippen LogP contribution is -2.33. The summed E-state index contributed by atoms with van der Waals surface area (Å²) in [4.78, 5) is 14.8. The summed E-state index contributed by atoms with van der Waals surface area (Å²) in [6, 6.07) is 12.0. The zero-order valence-corrected chi connectivity index (χ0v) is 17.1. The molecule has 0 saturated carbocycles. The fraction of sp³-hybridized carbons (Fsp3) is 0.381. The molecule has 1 heterocycles. The van der Waals surface area contributed by atoms with E-state index in [1.165, 1.54) is 5.56 Å². The highest BCUT2D eigenvalue weighted by atomic mass is 35.5. The molecule has 0 aromatic heterocycles. The second-order valence-electron chi connectivity index (χ2n) is 6.73. The zero-order valence-electron chi connectivity index (χ0n) is 15.6. The van der Waals surface area contributed by atoms with E-state index in [0.29, 0.717) is 28.9 Å². The first kappa shape index (κ1) is 20.0. The first-order valence-corrected chi connectivity index (χ1v) is 9.96. The number of rotatable bonds is 6. The average molecular weight is 407 g/mol. The van der Waals surface area contributed by atoms with Crippen LogP contribution in [0.15, 0.2) is 36.4 Å². The third kappa shape index (κ3) is 4.75. The predicted octanol–water partition coefficient (Wildman–Crippen LogP) is 5.48. The average Bonchev–Trinajstić information content (AvgIpc) is 3.11. The molecule has 0 unspecified atom stereocenters. The highest BCUT2D eigenvalue weighted by molar-refractivity contribution is 6.40. The van der Waals surface area contributed by atoms with Gasteiger partial charge in [0.1, 0.15) is 5.75 Å². The van der Waals surface area contributed by atoms with Crippen LogP contribution in [0.1, 0.15) is 36.9 Å². The molecular weight excluding hydrogens is 383 g/mol. The van der Waals surface area contributed by atoms with E-state index < -0.39 is 0 Å². The number of likely N-dealkylation sites (tertiary alicyclic amines) is 1. The van der Waals surface area contributed by atoms with E-state index in [9.17, 15) is 4.79 Å². The molecule has 1 aliphatic rings. The zero-order chi connectivity index (χ0) is 19.4. The number of benzene rings is 2. The van der Waals surface area contributed by atoms with Gasteiger partial charge in [0.05, 0.1) is 28.9 Å². The molecule has 6 heteroatoms. The first-order valence-electron chi connectivity index (χ1n) is 9.21. The van der Waals surface area contributed by atoms with Crippen molar-refractivity contribution in [2.45, 2.75) is 32.7 Å². The van der Waals surface area contributed by atoms with Gasteiger partial charge >= 0.3 is 0 Å². The van der Waals surface area contributed by atoms with Gasteiger partial charge in [-0.1, -0.05) is 41.4 Å². The van der Waals surface area contributed by atoms with Crippen molar-refractivity contribution in [3.8, 4) is 5.75 Å². The van der Waals surface area contributed by atoms with E-state index in [0.717, 1.165) is 30.7 Å². The van der Waals surface area contributed by atoms with Gasteiger partial charge in [-0.25, -0.2) is 0 Å². The Morgan fingerprint density at radius 2 is 1.96 bits per heavy atom. The quantitative estimate of drug-likeness (QED) is 0.690. The van der Waals surface area contributed by atoms with Crippen LogP contribution in [-0.2, 0) is 4.79 Å². The van der Waals surface area contributed by atoms with E-state index in [1.54, 1.807) is 6.07 Å². The van der Waals surface area contributed by atoms with Gasteiger partial charge in [0.2, 0.25) is 5.91 Å². The normalized spacial score (nSPS) is 17.1. The molecule has 1 N–H and O–H groups in total. The predicted molar refractivity (Wildman–Crippen MR) is 111 cm³/mol. The summed E-state index contributed by atoms with van der Waals surface area (Å²) in [6.45, 7) is 5.70. The Morgan fingerprint density at radius 3 is 2.67 bits per heavy atom. The number of nitrogens with one attached hydrogen (secondary N) is 1. The Balaban J connectivity index is 1.67. The number of carbonyl (C=O) groups excluding carboxylic acids is 1. The fourth-order valence-electron chi connectivity index (χ4n) is 3.48. The molecule has 3 rings (SSSR count). The van der Waals surface area contributed by atoms with Gasteiger partial charge in [-0.05, 0) is 62.6 Å². The standard InChI is InChI=1S/C21H24Cl2N2O2/c1-3-27-16-9-7-15(8-10-16)18-5-4-12-25(18)13-19(26)24-21-17(22)11-6-14(2)20(21)23/h6-11,18H,3-5,12-13H2,1-2H3,(H,24,26)/t18-/m1/s1. The second-order valence-corrected chi connectivity index (χ2v) is 7.52. The molecule has 1 amide bonds. The van der Waals surface area contributed by atoms with Crippen molar-refractivity contribution in [2.75, 3.05) is 25.0 Å². The number of ether oxygens (including phenoxy) is 1. The monoisotopic (exact) mass is 406 g/mol. The van der Waals surface area contributed by atoms with Crippen molar-refractivity contribution in [1.82, 2.24) is 4.90 Å². The molecule has 2 aromatic rings. The molecule has 1 saturated heterocycles. The SMILES string of the molecule is CCOc1ccc([C@H]2CCCN2CC(=O)Nc2c(Cl)ccc(C)c2Cl)cc1. The van der Waals surface area contributed by atoms with Gasteiger partial charge in [-0.2, -0.15) is 0 Å². The molecule has 0 bridgehead atoms. The maximum Gasteiger partial charge on any atom is 0.238 e. The Morgan fingerprint density at radius 1 is 1.22 bits per heavy atom. The Labute approximate surface area is 170 Å². The molecule has 2 aromatic carbocycles. The fourth-order valence-corrected chi connectivity index (χ4v) is 3.95. The highest BCUT2D eigenvalue weighted by Gasteiger charge is 2.28. The van der Waals surface area contributed by atoms with Gasteiger partial charge in [-0.3, -0.25) is 9.69 Å². The molecule has 1 atom stereocenters. The second kappa shape index (κ2) is 8.96. The van der Waals surface area contributed by atoms with Crippen LogP contribution >= 0.6 is 23.2 Å². The third-order valence-electron chi connectivity index (χ3n) is 4.83. The molecule has 1 fully saturated rings. The summed E-state index contributed by atoms with van der Waals surface area (Å²) < 4.78 is 5.51. The van der Waals surface area contributed by atoms with Crippen LogP contribution in [-0.4, -0.2) is 30.5 Å². The maximum absolute atomic E-state index is 12.6. The molecule has 0 spiro atoms. The van der Waals surface area contributed by atoms with Gasteiger partial charge in [0.15, 0.2) is 0 Å². The minimum absolute atomic E-state index is 0.109. The van der Waals surface area contributed by atoms with Crippen LogP contribution in [0.4, 0.5) is 5.69 Å². The lowest BCUT2D eigenvalue weighted by Gasteiger charge is -2.24.